The van der Waals surface area contributed by atoms with Crippen LogP contribution < -0.4 is 0 Å². The van der Waals surface area contributed by atoms with Crippen LogP contribution in [0.1, 0.15) is 34.9 Å². The molecule has 2 aliphatic rings. The number of ether oxygens (including phenoxy) is 1. The molecule has 1 aliphatic heterocycles. The molecule has 0 bridgehead atoms. The van der Waals surface area contributed by atoms with Crippen LogP contribution in [0.3, 0.4) is 0 Å². The van der Waals surface area contributed by atoms with Gasteiger partial charge in [0, 0.05) is 49.6 Å². The van der Waals surface area contributed by atoms with Gasteiger partial charge in [0.2, 0.25) is 0 Å². The fourth-order valence-electron chi connectivity index (χ4n) is 3.41. The van der Waals surface area contributed by atoms with Crippen LogP contribution in [-0.4, -0.2) is 34.9 Å². The molecule has 0 spiro atoms. The summed E-state index contributed by atoms with van der Waals surface area (Å²) in [6, 6.07) is 4.37. The minimum atomic E-state index is 0.446. The maximum atomic E-state index is 5.46. The maximum Gasteiger partial charge on any atom is 0.0560 e. The van der Waals surface area contributed by atoms with Crippen LogP contribution in [0.4, 0.5) is 0 Å². The van der Waals surface area contributed by atoms with Crippen molar-refractivity contribution in [3.63, 3.8) is 0 Å². The summed E-state index contributed by atoms with van der Waals surface area (Å²) < 4.78 is 7.72. The fourth-order valence-corrected chi connectivity index (χ4v) is 4.16. The van der Waals surface area contributed by atoms with Crippen LogP contribution in [0.15, 0.2) is 23.7 Å². The summed E-state index contributed by atoms with van der Waals surface area (Å²) >= 11 is 1.84. The Morgan fingerprint density at radius 2 is 2.32 bits per heavy atom. The summed E-state index contributed by atoms with van der Waals surface area (Å²) in [6.07, 6.45) is 4.83. The number of methoxy groups -OCH3 is 1. The Balaban J connectivity index is 1.56. The smallest absolute Gasteiger partial charge is 0.0560 e. The maximum absolute atomic E-state index is 5.46. The lowest BCUT2D eigenvalue weighted by molar-refractivity contribution is 0.134. The SMILES string of the molecule is COC[C@@H]1CN(Cc2cccs2)Cc2c1cnn2CC1CC1. The summed E-state index contributed by atoms with van der Waals surface area (Å²) in [6.45, 7) is 4.99. The highest BCUT2D eigenvalue weighted by atomic mass is 32.1. The molecule has 1 aliphatic carbocycles. The lowest BCUT2D eigenvalue weighted by atomic mass is 9.95. The molecular formula is C17H23N3OS. The number of nitrogens with zero attached hydrogens (tertiary/aromatic N) is 3. The van der Waals surface area contributed by atoms with Crippen molar-refractivity contribution in [2.75, 3.05) is 20.3 Å². The second-order valence-electron chi connectivity index (χ2n) is 6.57. The van der Waals surface area contributed by atoms with Gasteiger partial charge in [-0.05, 0) is 30.2 Å². The molecule has 5 heteroatoms. The molecule has 0 aromatic carbocycles. The Morgan fingerprint density at radius 1 is 1.41 bits per heavy atom. The van der Waals surface area contributed by atoms with Gasteiger partial charge in [0.1, 0.15) is 0 Å². The third-order valence-corrected chi connectivity index (χ3v) is 5.59. The number of rotatable bonds is 6. The van der Waals surface area contributed by atoms with Crippen molar-refractivity contribution >= 4 is 11.3 Å². The van der Waals surface area contributed by atoms with Crippen molar-refractivity contribution in [2.45, 2.75) is 38.4 Å². The standard InChI is InChI=1S/C17H23N3OS/c1-21-12-14-9-19(10-15-3-2-6-22-15)11-17-16(14)7-18-20(17)8-13-4-5-13/h2-3,6-7,13-14H,4-5,8-12H2,1H3/t14-/m0/s1. The molecule has 0 amide bonds. The van der Waals surface area contributed by atoms with Crippen LogP contribution >= 0.6 is 11.3 Å². The molecule has 0 saturated heterocycles. The van der Waals surface area contributed by atoms with E-state index in [4.69, 9.17) is 4.74 Å². The predicted octanol–water partition coefficient (Wildman–Crippen LogP) is 3.10. The number of fused-ring (bicyclic) bond motifs is 1. The van der Waals surface area contributed by atoms with Crippen LogP contribution in [0.25, 0.3) is 0 Å². The van der Waals surface area contributed by atoms with Gasteiger partial charge in [-0.25, -0.2) is 0 Å². The molecule has 1 fully saturated rings. The van der Waals surface area contributed by atoms with Crippen LogP contribution in [0.2, 0.25) is 0 Å². The highest BCUT2D eigenvalue weighted by Gasteiger charge is 2.31. The molecule has 4 rings (SSSR count). The highest BCUT2D eigenvalue weighted by molar-refractivity contribution is 7.09. The lowest BCUT2D eigenvalue weighted by Gasteiger charge is -2.32. The molecule has 1 saturated carbocycles. The van der Waals surface area contributed by atoms with Crippen molar-refractivity contribution in [1.82, 2.24) is 14.7 Å². The third-order valence-electron chi connectivity index (χ3n) is 4.73. The van der Waals surface area contributed by atoms with Gasteiger partial charge in [0.15, 0.2) is 0 Å². The van der Waals surface area contributed by atoms with Crippen molar-refractivity contribution in [2.24, 2.45) is 5.92 Å². The summed E-state index contributed by atoms with van der Waals surface area (Å²) in [4.78, 5) is 3.98. The van der Waals surface area contributed by atoms with Crippen LogP contribution in [0.5, 0.6) is 0 Å². The molecule has 2 aromatic rings. The van der Waals surface area contributed by atoms with E-state index in [1.165, 1.54) is 29.0 Å². The van der Waals surface area contributed by atoms with E-state index in [2.05, 4.69) is 38.4 Å². The minimum absolute atomic E-state index is 0.446. The van der Waals surface area contributed by atoms with Gasteiger partial charge < -0.3 is 4.74 Å². The number of hydrogen-bond donors (Lipinski definition) is 0. The number of hydrogen-bond acceptors (Lipinski definition) is 4. The number of aromatic nitrogens is 2. The Bertz CT molecular complexity index is 618. The second kappa shape index (κ2) is 6.14. The summed E-state index contributed by atoms with van der Waals surface area (Å²) in [5.74, 6) is 1.30. The monoisotopic (exact) mass is 317 g/mol. The molecule has 0 unspecified atom stereocenters. The summed E-state index contributed by atoms with van der Waals surface area (Å²) in [7, 11) is 1.80. The largest absolute Gasteiger partial charge is 0.384 e. The van der Waals surface area contributed by atoms with Crippen molar-refractivity contribution in [3.05, 3.63) is 39.8 Å². The molecule has 4 nitrogen and oxygen atoms in total. The molecule has 0 N–H and O–H groups in total. The van der Waals surface area contributed by atoms with Gasteiger partial charge in [0.05, 0.1) is 18.5 Å². The zero-order valence-corrected chi connectivity index (χ0v) is 13.9. The lowest BCUT2D eigenvalue weighted by Crippen LogP contribution is -2.35. The van der Waals surface area contributed by atoms with E-state index in [9.17, 15) is 0 Å². The summed E-state index contributed by atoms with van der Waals surface area (Å²) in [5, 5.41) is 6.84. The van der Waals surface area contributed by atoms with E-state index in [1.807, 2.05) is 11.3 Å². The average molecular weight is 317 g/mol. The molecule has 118 valence electrons. The Hall–Kier alpha value is -1.17. The quantitative estimate of drug-likeness (QED) is 0.820. The van der Waals surface area contributed by atoms with E-state index in [0.717, 1.165) is 38.7 Å². The Labute approximate surface area is 135 Å². The molecular weight excluding hydrogens is 294 g/mol. The third kappa shape index (κ3) is 2.98. The first-order valence-electron chi connectivity index (χ1n) is 8.11. The van der Waals surface area contributed by atoms with Gasteiger partial charge in [-0.2, -0.15) is 5.10 Å². The predicted molar refractivity (Wildman–Crippen MR) is 88.0 cm³/mol. The van der Waals surface area contributed by atoms with Gasteiger partial charge in [-0.15, -0.1) is 11.3 Å². The first-order chi connectivity index (χ1) is 10.8. The first kappa shape index (κ1) is 14.4. The Morgan fingerprint density at radius 3 is 3.05 bits per heavy atom. The molecule has 1 atom stereocenters. The van der Waals surface area contributed by atoms with Gasteiger partial charge in [0.25, 0.3) is 0 Å². The fraction of sp³-hybridized carbons (Fsp3) is 0.588. The normalized spacial score (nSPS) is 22.0. The zero-order valence-electron chi connectivity index (χ0n) is 13.1. The topological polar surface area (TPSA) is 30.3 Å². The van der Waals surface area contributed by atoms with Crippen LogP contribution in [-0.2, 0) is 24.4 Å². The molecule has 22 heavy (non-hydrogen) atoms. The van der Waals surface area contributed by atoms with Crippen LogP contribution in [0, 0.1) is 5.92 Å². The van der Waals surface area contributed by atoms with E-state index in [1.54, 1.807) is 7.11 Å². The average Bonchev–Trinajstić information content (AvgIpc) is 3.01. The second-order valence-corrected chi connectivity index (χ2v) is 7.61. The highest BCUT2D eigenvalue weighted by Crippen LogP contribution is 2.34. The van der Waals surface area contributed by atoms with Gasteiger partial charge in [-0.1, -0.05) is 6.07 Å². The number of thiophene rings is 1. The van der Waals surface area contributed by atoms with E-state index in [-0.39, 0.29) is 0 Å². The first-order valence-corrected chi connectivity index (χ1v) is 8.99. The van der Waals surface area contributed by atoms with Crippen molar-refractivity contribution < 1.29 is 4.74 Å². The van der Waals surface area contributed by atoms with E-state index >= 15 is 0 Å². The van der Waals surface area contributed by atoms with E-state index < -0.39 is 0 Å². The Kier molecular flexibility index (Phi) is 4.03. The van der Waals surface area contributed by atoms with Gasteiger partial charge in [-0.3, -0.25) is 9.58 Å². The molecule has 3 heterocycles. The van der Waals surface area contributed by atoms with E-state index in [0.29, 0.717) is 5.92 Å². The van der Waals surface area contributed by atoms with Crippen molar-refractivity contribution in [1.29, 1.82) is 0 Å². The molecule has 0 radical (unpaired) electrons. The zero-order chi connectivity index (χ0) is 14.9. The minimum Gasteiger partial charge on any atom is -0.384 e. The molecule has 2 aromatic heterocycles. The summed E-state index contributed by atoms with van der Waals surface area (Å²) in [5.41, 5.74) is 2.82. The van der Waals surface area contributed by atoms with Gasteiger partial charge >= 0.3 is 0 Å². The van der Waals surface area contributed by atoms with Crippen molar-refractivity contribution in [3.8, 4) is 0 Å².